The van der Waals surface area contributed by atoms with Gasteiger partial charge in [0.05, 0.1) is 0 Å². The van der Waals surface area contributed by atoms with Gasteiger partial charge in [0.15, 0.2) is 0 Å². The Bertz CT molecular complexity index is 1070. The number of hydrogen-bond acceptors (Lipinski definition) is 5. The van der Waals surface area contributed by atoms with E-state index < -0.39 is 5.82 Å². The number of nitrogens with zero attached hydrogens (tertiary/aromatic N) is 1. The number of ether oxygens (including phenoxy) is 1. The molecule has 0 bridgehead atoms. The molecule has 1 saturated carbocycles. The summed E-state index contributed by atoms with van der Waals surface area (Å²) in [7, 11) is 0. The van der Waals surface area contributed by atoms with Crippen LogP contribution in [0.25, 0.3) is 0 Å². The van der Waals surface area contributed by atoms with Gasteiger partial charge in [-0.3, -0.25) is 9.59 Å². The molecule has 1 heterocycles. The standard InChI is InChI=1S/C24H24FN3O3S/c25-17-8-6-7-16(13-17)23(29)27-19-11-4-5-12-20(19)28-24(30)21-15-32-22(26-21)14-31-18-9-2-1-3-10-18/h1-3,6-10,13,15,19-20H,4-5,11-12,14H2,(H,27,29)(H,28,30)/t19-,20+/m0/s1. The molecule has 2 atom stereocenters. The van der Waals surface area contributed by atoms with Crippen LogP contribution >= 0.6 is 11.3 Å². The topological polar surface area (TPSA) is 80.3 Å². The Morgan fingerprint density at radius 1 is 1.00 bits per heavy atom. The lowest BCUT2D eigenvalue weighted by atomic mass is 9.90. The van der Waals surface area contributed by atoms with Crippen molar-refractivity contribution >= 4 is 23.2 Å². The van der Waals surface area contributed by atoms with Crippen LogP contribution in [0.2, 0.25) is 0 Å². The molecule has 2 N–H and O–H groups in total. The number of thiazole rings is 1. The van der Waals surface area contributed by atoms with Gasteiger partial charge in [0.2, 0.25) is 0 Å². The molecule has 0 spiro atoms. The quantitative estimate of drug-likeness (QED) is 0.558. The molecule has 1 aliphatic rings. The van der Waals surface area contributed by atoms with Crippen LogP contribution in [-0.2, 0) is 6.61 Å². The van der Waals surface area contributed by atoms with Gasteiger partial charge in [-0.15, -0.1) is 11.3 Å². The number of hydrogen-bond donors (Lipinski definition) is 2. The molecule has 1 aliphatic carbocycles. The molecule has 2 amide bonds. The summed E-state index contributed by atoms with van der Waals surface area (Å²) in [6, 6.07) is 14.6. The number of aromatic nitrogens is 1. The first kappa shape index (κ1) is 22.0. The van der Waals surface area contributed by atoms with Crippen LogP contribution in [0.15, 0.2) is 60.0 Å². The number of carbonyl (C=O) groups excluding carboxylic acids is 2. The van der Waals surface area contributed by atoms with Crippen LogP contribution in [0, 0.1) is 5.82 Å². The van der Waals surface area contributed by atoms with Gasteiger partial charge in [-0.2, -0.15) is 0 Å². The minimum atomic E-state index is -0.457. The number of rotatable bonds is 7. The predicted molar refractivity (Wildman–Crippen MR) is 120 cm³/mol. The van der Waals surface area contributed by atoms with Crippen LogP contribution in [-0.4, -0.2) is 28.9 Å². The second kappa shape index (κ2) is 10.4. The molecular weight excluding hydrogens is 429 g/mol. The molecule has 166 valence electrons. The first-order valence-electron chi connectivity index (χ1n) is 10.6. The van der Waals surface area contributed by atoms with Crippen LogP contribution in [0.5, 0.6) is 5.75 Å². The van der Waals surface area contributed by atoms with Gasteiger partial charge in [-0.1, -0.05) is 37.1 Å². The number of amides is 2. The summed E-state index contributed by atoms with van der Waals surface area (Å²) >= 11 is 1.37. The molecule has 0 radical (unpaired) electrons. The average Bonchev–Trinajstić information content (AvgIpc) is 3.29. The number of para-hydroxylation sites is 1. The van der Waals surface area contributed by atoms with E-state index in [2.05, 4.69) is 15.6 Å². The number of carbonyl (C=O) groups is 2. The molecule has 3 aromatic rings. The lowest BCUT2D eigenvalue weighted by Gasteiger charge is -2.32. The summed E-state index contributed by atoms with van der Waals surface area (Å²) in [5.41, 5.74) is 0.602. The van der Waals surface area contributed by atoms with Gasteiger partial charge < -0.3 is 15.4 Å². The summed E-state index contributed by atoms with van der Waals surface area (Å²) in [5.74, 6) is -0.330. The van der Waals surface area contributed by atoms with Crippen LogP contribution in [0.4, 0.5) is 4.39 Å². The zero-order valence-electron chi connectivity index (χ0n) is 17.4. The third-order valence-electron chi connectivity index (χ3n) is 5.38. The summed E-state index contributed by atoms with van der Waals surface area (Å²) in [6.45, 7) is 0.289. The lowest BCUT2D eigenvalue weighted by molar-refractivity contribution is 0.0860. The van der Waals surface area contributed by atoms with Crippen molar-refractivity contribution in [3.63, 3.8) is 0 Å². The zero-order valence-corrected chi connectivity index (χ0v) is 18.2. The van der Waals surface area contributed by atoms with Crippen molar-refractivity contribution in [2.75, 3.05) is 0 Å². The van der Waals surface area contributed by atoms with E-state index in [0.29, 0.717) is 10.7 Å². The highest BCUT2D eigenvalue weighted by Crippen LogP contribution is 2.21. The zero-order chi connectivity index (χ0) is 22.3. The second-order valence-electron chi connectivity index (χ2n) is 7.68. The maximum Gasteiger partial charge on any atom is 0.271 e. The third-order valence-corrected chi connectivity index (χ3v) is 6.20. The van der Waals surface area contributed by atoms with E-state index in [0.717, 1.165) is 31.4 Å². The predicted octanol–water partition coefficient (Wildman–Crippen LogP) is 4.33. The van der Waals surface area contributed by atoms with Gasteiger partial charge in [0.25, 0.3) is 11.8 Å². The maximum absolute atomic E-state index is 13.4. The van der Waals surface area contributed by atoms with Gasteiger partial charge in [0, 0.05) is 23.0 Å². The van der Waals surface area contributed by atoms with Crippen molar-refractivity contribution in [3.05, 3.63) is 82.1 Å². The normalized spacial score (nSPS) is 18.0. The Kier molecular flexibility index (Phi) is 7.11. The molecule has 1 aromatic heterocycles. The van der Waals surface area contributed by atoms with E-state index in [1.165, 1.54) is 29.5 Å². The summed E-state index contributed by atoms with van der Waals surface area (Å²) < 4.78 is 19.1. The van der Waals surface area contributed by atoms with Crippen molar-refractivity contribution in [2.45, 2.75) is 44.4 Å². The minimum absolute atomic E-state index is 0.209. The molecule has 0 unspecified atom stereocenters. The van der Waals surface area contributed by atoms with E-state index in [1.54, 1.807) is 11.4 Å². The molecule has 8 heteroatoms. The van der Waals surface area contributed by atoms with Crippen molar-refractivity contribution in [1.29, 1.82) is 0 Å². The van der Waals surface area contributed by atoms with Crippen molar-refractivity contribution < 1.29 is 18.7 Å². The van der Waals surface area contributed by atoms with Crippen molar-refractivity contribution in [1.82, 2.24) is 15.6 Å². The number of benzene rings is 2. The minimum Gasteiger partial charge on any atom is -0.486 e. The van der Waals surface area contributed by atoms with Gasteiger partial charge >= 0.3 is 0 Å². The molecular formula is C24H24FN3O3S. The molecule has 0 aliphatic heterocycles. The Labute approximate surface area is 189 Å². The number of halogens is 1. The first-order valence-corrected chi connectivity index (χ1v) is 11.5. The van der Waals surface area contributed by atoms with Gasteiger partial charge in [-0.05, 0) is 43.2 Å². The fraction of sp³-hybridized carbons (Fsp3) is 0.292. The molecule has 4 rings (SSSR count). The van der Waals surface area contributed by atoms with E-state index >= 15 is 0 Å². The maximum atomic E-state index is 13.4. The fourth-order valence-corrected chi connectivity index (χ4v) is 4.43. The van der Waals surface area contributed by atoms with Crippen LogP contribution in [0.3, 0.4) is 0 Å². The monoisotopic (exact) mass is 453 g/mol. The third kappa shape index (κ3) is 5.70. The second-order valence-corrected chi connectivity index (χ2v) is 8.63. The van der Waals surface area contributed by atoms with E-state index in [4.69, 9.17) is 4.74 Å². The summed E-state index contributed by atoms with van der Waals surface area (Å²) in [6.07, 6.45) is 3.43. The van der Waals surface area contributed by atoms with Gasteiger partial charge in [-0.25, -0.2) is 9.37 Å². The van der Waals surface area contributed by atoms with Crippen LogP contribution < -0.4 is 15.4 Å². The molecule has 6 nitrogen and oxygen atoms in total. The average molecular weight is 454 g/mol. The van der Waals surface area contributed by atoms with E-state index in [9.17, 15) is 14.0 Å². The van der Waals surface area contributed by atoms with E-state index in [-0.39, 0.29) is 36.1 Å². The smallest absolute Gasteiger partial charge is 0.271 e. The Morgan fingerprint density at radius 3 is 2.44 bits per heavy atom. The largest absolute Gasteiger partial charge is 0.486 e. The highest BCUT2D eigenvalue weighted by molar-refractivity contribution is 7.09. The van der Waals surface area contributed by atoms with Crippen LogP contribution in [0.1, 0.15) is 51.5 Å². The molecule has 2 aromatic carbocycles. The highest BCUT2D eigenvalue weighted by atomic mass is 32.1. The van der Waals surface area contributed by atoms with Crippen molar-refractivity contribution in [3.8, 4) is 5.75 Å². The Morgan fingerprint density at radius 2 is 1.72 bits per heavy atom. The fourth-order valence-electron chi connectivity index (χ4n) is 3.74. The first-order chi connectivity index (χ1) is 15.6. The van der Waals surface area contributed by atoms with Crippen molar-refractivity contribution in [2.24, 2.45) is 0 Å². The summed E-state index contributed by atoms with van der Waals surface area (Å²) in [4.78, 5) is 29.7. The van der Waals surface area contributed by atoms with Gasteiger partial charge in [0.1, 0.15) is 28.9 Å². The number of nitrogens with one attached hydrogen (secondary N) is 2. The summed E-state index contributed by atoms with van der Waals surface area (Å²) in [5, 5.41) is 8.39. The Hall–Kier alpha value is -3.26. The SMILES string of the molecule is O=C(N[C@H]1CCCC[C@H]1NC(=O)c1csc(COc2ccccc2)n1)c1cccc(F)c1. The molecule has 32 heavy (non-hydrogen) atoms. The molecule has 1 fully saturated rings. The van der Waals surface area contributed by atoms with E-state index in [1.807, 2.05) is 30.3 Å². The Balaban J connectivity index is 1.35. The highest BCUT2D eigenvalue weighted by Gasteiger charge is 2.29. The lowest BCUT2D eigenvalue weighted by Crippen LogP contribution is -2.53. The molecule has 0 saturated heterocycles.